The Hall–Kier alpha value is -0.330. The average molecular weight is 240 g/mol. The maximum absolute atomic E-state index is 10.7. The van der Waals surface area contributed by atoms with Gasteiger partial charge in [-0.1, -0.05) is 0 Å². The van der Waals surface area contributed by atoms with Gasteiger partial charge < -0.3 is 4.74 Å². The van der Waals surface area contributed by atoms with Crippen LogP contribution < -0.4 is 0 Å². The third-order valence-corrected chi connectivity index (χ3v) is 1.85. The molecule has 1 aliphatic rings. The topological polar surface area (TPSA) is 41.9 Å². The van der Waals surface area contributed by atoms with Crippen LogP contribution in [0.25, 0.3) is 0 Å². The Morgan fingerprint density at radius 2 is 2.56 bits per heavy atom. The summed E-state index contributed by atoms with van der Waals surface area (Å²) >= 11 is 1.85. The number of amides is 1. The van der Waals surface area contributed by atoms with Gasteiger partial charge in [-0.15, -0.1) is 0 Å². The lowest BCUT2D eigenvalue weighted by Crippen LogP contribution is -2.17. The maximum Gasteiger partial charge on any atom is 0.303 e. The van der Waals surface area contributed by atoms with Crippen molar-refractivity contribution in [3.05, 3.63) is 0 Å². The summed E-state index contributed by atoms with van der Waals surface area (Å²) in [6.45, 7) is 0.121. The van der Waals surface area contributed by atoms with E-state index in [-0.39, 0.29) is 12.5 Å². The van der Waals surface area contributed by atoms with E-state index in [1.165, 1.54) is 3.11 Å². The predicted molar refractivity (Wildman–Crippen MR) is 40.2 cm³/mol. The quantitative estimate of drug-likeness (QED) is 0.447. The van der Waals surface area contributed by atoms with E-state index in [2.05, 4.69) is 4.99 Å². The molecule has 0 radical (unpaired) electrons. The zero-order valence-corrected chi connectivity index (χ0v) is 6.95. The molecule has 0 bridgehead atoms. The number of halogens is 1. The van der Waals surface area contributed by atoms with E-state index in [0.717, 1.165) is 0 Å². The summed E-state index contributed by atoms with van der Waals surface area (Å²) in [7, 11) is 1.58. The molecule has 1 fully saturated rings. The van der Waals surface area contributed by atoms with E-state index in [1.54, 1.807) is 7.05 Å². The predicted octanol–water partition coefficient (Wildman–Crippen LogP) is 0.181. The molecule has 1 amide bonds. The molecule has 1 rings (SSSR count). The first-order valence-electron chi connectivity index (χ1n) is 2.34. The minimum Gasteiger partial charge on any atom is -0.454 e. The number of rotatable bonds is 0. The standard InChI is InChI=1S/C4H5IN2O2/c1-6-4-7(5)3(8)2-9-4/h2H2,1H3. The highest BCUT2D eigenvalue weighted by molar-refractivity contribution is 14.1. The van der Waals surface area contributed by atoms with Crippen molar-refractivity contribution in [3.8, 4) is 0 Å². The Kier molecular flexibility index (Phi) is 1.89. The summed E-state index contributed by atoms with van der Waals surface area (Å²) < 4.78 is 6.20. The van der Waals surface area contributed by atoms with Gasteiger partial charge in [0.05, 0.1) is 22.9 Å². The van der Waals surface area contributed by atoms with Crippen molar-refractivity contribution in [3.63, 3.8) is 0 Å². The van der Waals surface area contributed by atoms with Crippen LogP contribution in [0.1, 0.15) is 0 Å². The molecule has 0 atom stereocenters. The highest BCUT2D eigenvalue weighted by Gasteiger charge is 2.25. The second-order valence-corrected chi connectivity index (χ2v) is 2.43. The maximum atomic E-state index is 10.7. The Balaban J connectivity index is 2.73. The van der Waals surface area contributed by atoms with E-state index < -0.39 is 0 Å². The lowest BCUT2D eigenvalue weighted by Gasteiger charge is -1.99. The second kappa shape index (κ2) is 2.51. The van der Waals surface area contributed by atoms with Crippen molar-refractivity contribution in [2.75, 3.05) is 13.7 Å². The largest absolute Gasteiger partial charge is 0.454 e. The Labute approximate surface area is 66.4 Å². The number of aliphatic imine (C=N–C) groups is 1. The van der Waals surface area contributed by atoms with Gasteiger partial charge in [-0.25, -0.2) is 8.11 Å². The zero-order valence-electron chi connectivity index (χ0n) is 4.80. The van der Waals surface area contributed by atoms with Gasteiger partial charge in [0.25, 0.3) is 5.91 Å². The van der Waals surface area contributed by atoms with E-state index >= 15 is 0 Å². The fourth-order valence-corrected chi connectivity index (χ4v) is 0.993. The van der Waals surface area contributed by atoms with Gasteiger partial charge in [-0.3, -0.25) is 4.79 Å². The van der Waals surface area contributed by atoms with E-state index in [9.17, 15) is 4.79 Å². The number of nitrogens with zero attached hydrogens (tertiary/aromatic N) is 2. The molecule has 0 N–H and O–H groups in total. The van der Waals surface area contributed by atoms with Crippen molar-refractivity contribution in [2.45, 2.75) is 0 Å². The molecular weight excluding hydrogens is 235 g/mol. The third kappa shape index (κ3) is 1.15. The SMILES string of the molecule is CN=C1OCC(=O)N1I. The summed E-state index contributed by atoms with van der Waals surface area (Å²) in [5.74, 6) is -0.0591. The zero-order chi connectivity index (χ0) is 6.85. The average Bonchev–Trinajstić information content (AvgIpc) is 2.15. The van der Waals surface area contributed by atoms with Crippen LogP contribution in [0.2, 0.25) is 0 Å². The smallest absolute Gasteiger partial charge is 0.303 e. The van der Waals surface area contributed by atoms with Crippen LogP contribution in [0.15, 0.2) is 4.99 Å². The first-order chi connectivity index (χ1) is 4.25. The van der Waals surface area contributed by atoms with Crippen LogP contribution in [0.5, 0.6) is 0 Å². The first-order valence-corrected chi connectivity index (χ1v) is 3.30. The summed E-state index contributed by atoms with van der Waals surface area (Å²) in [5.41, 5.74) is 0. The minimum absolute atomic E-state index is 0.0591. The number of hydrogen-bond donors (Lipinski definition) is 0. The van der Waals surface area contributed by atoms with Gasteiger partial charge in [-0.05, 0) is 0 Å². The molecule has 0 aromatic heterocycles. The second-order valence-electron chi connectivity index (χ2n) is 1.47. The van der Waals surface area contributed by atoms with Crippen LogP contribution in [-0.2, 0) is 9.53 Å². The molecule has 1 aliphatic heterocycles. The molecule has 0 saturated carbocycles. The van der Waals surface area contributed by atoms with Gasteiger partial charge >= 0.3 is 6.02 Å². The summed E-state index contributed by atoms with van der Waals surface area (Å²) in [6.07, 6.45) is 0. The van der Waals surface area contributed by atoms with Crippen molar-refractivity contribution >= 4 is 34.8 Å². The lowest BCUT2D eigenvalue weighted by molar-refractivity contribution is -0.122. The number of hydrogen-bond acceptors (Lipinski definition) is 3. The van der Waals surface area contributed by atoms with Crippen molar-refractivity contribution in [2.24, 2.45) is 4.99 Å². The highest BCUT2D eigenvalue weighted by atomic mass is 127. The molecule has 4 nitrogen and oxygen atoms in total. The fourth-order valence-electron chi connectivity index (χ4n) is 0.499. The fraction of sp³-hybridized carbons (Fsp3) is 0.500. The molecule has 50 valence electrons. The summed E-state index contributed by atoms with van der Waals surface area (Å²) in [4.78, 5) is 14.4. The van der Waals surface area contributed by atoms with E-state index in [1.807, 2.05) is 22.9 Å². The van der Waals surface area contributed by atoms with Gasteiger partial charge in [0.15, 0.2) is 6.61 Å². The number of ether oxygens (including phenoxy) is 1. The molecular formula is C4H5IN2O2. The van der Waals surface area contributed by atoms with Gasteiger partial charge in [0.2, 0.25) is 0 Å². The molecule has 1 heterocycles. The summed E-state index contributed by atoms with van der Waals surface area (Å²) in [5, 5.41) is 0. The number of carbonyl (C=O) groups is 1. The van der Waals surface area contributed by atoms with Crippen LogP contribution in [-0.4, -0.2) is 28.7 Å². The Bertz CT molecular complexity index is 168. The normalized spacial score (nSPS) is 23.1. The molecule has 0 aliphatic carbocycles. The van der Waals surface area contributed by atoms with Crippen LogP contribution in [0.3, 0.4) is 0 Å². The van der Waals surface area contributed by atoms with Gasteiger partial charge in [0, 0.05) is 7.05 Å². The van der Waals surface area contributed by atoms with Crippen molar-refractivity contribution in [1.29, 1.82) is 0 Å². The van der Waals surface area contributed by atoms with Gasteiger partial charge in [0.1, 0.15) is 0 Å². The third-order valence-electron chi connectivity index (χ3n) is 0.903. The molecule has 0 aromatic carbocycles. The molecule has 1 saturated heterocycles. The molecule has 5 heteroatoms. The number of amidine groups is 1. The number of carbonyl (C=O) groups excluding carboxylic acids is 1. The van der Waals surface area contributed by atoms with E-state index in [0.29, 0.717) is 6.02 Å². The first kappa shape index (κ1) is 6.79. The monoisotopic (exact) mass is 240 g/mol. The Morgan fingerprint density at radius 3 is 2.78 bits per heavy atom. The van der Waals surface area contributed by atoms with E-state index in [4.69, 9.17) is 4.74 Å². The highest BCUT2D eigenvalue weighted by Crippen LogP contribution is 2.09. The van der Waals surface area contributed by atoms with Crippen molar-refractivity contribution < 1.29 is 9.53 Å². The molecule has 9 heavy (non-hydrogen) atoms. The van der Waals surface area contributed by atoms with Crippen LogP contribution in [0, 0.1) is 0 Å². The minimum atomic E-state index is -0.0591. The molecule has 0 spiro atoms. The molecule has 0 unspecified atom stereocenters. The Morgan fingerprint density at radius 1 is 1.89 bits per heavy atom. The molecule has 0 aromatic rings. The van der Waals surface area contributed by atoms with Crippen LogP contribution in [0.4, 0.5) is 0 Å². The van der Waals surface area contributed by atoms with Crippen molar-refractivity contribution in [1.82, 2.24) is 3.11 Å². The summed E-state index contributed by atoms with van der Waals surface area (Å²) in [6, 6.07) is 0.389. The van der Waals surface area contributed by atoms with Gasteiger partial charge in [-0.2, -0.15) is 0 Å². The van der Waals surface area contributed by atoms with Crippen LogP contribution >= 0.6 is 22.9 Å². The lowest BCUT2D eigenvalue weighted by atomic mass is 10.7.